The average Bonchev–Trinajstić information content (AvgIpc) is 2.49. The largest absolute Gasteiger partial charge is 0.316 e. The van der Waals surface area contributed by atoms with Gasteiger partial charge in [-0.1, -0.05) is 67.6 Å². The van der Waals surface area contributed by atoms with Crippen molar-refractivity contribution in [3.63, 3.8) is 0 Å². The van der Waals surface area contributed by atoms with Crippen LogP contribution in [0.2, 0.25) is 0 Å². The smallest absolute Gasteiger partial charge is 0.0173 e. The van der Waals surface area contributed by atoms with E-state index >= 15 is 0 Å². The molecule has 0 bridgehead atoms. The lowest BCUT2D eigenvalue weighted by atomic mass is 9.86. The van der Waals surface area contributed by atoms with Gasteiger partial charge in [-0.25, -0.2) is 0 Å². The Bertz CT molecular complexity index is 464. The molecular formula is C18H23N. The van der Waals surface area contributed by atoms with Crippen LogP contribution in [0.5, 0.6) is 0 Å². The second-order valence-electron chi connectivity index (χ2n) is 5.01. The van der Waals surface area contributed by atoms with Crippen LogP contribution in [-0.2, 0) is 6.42 Å². The van der Waals surface area contributed by atoms with E-state index < -0.39 is 0 Å². The first-order chi connectivity index (χ1) is 9.35. The van der Waals surface area contributed by atoms with Gasteiger partial charge in [-0.15, -0.1) is 0 Å². The summed E-state index contributed by atoms with van der Waals surface area (Å²) in [6.45, 7) is 2.27. The Balaban J connectivity index is 2.15. The van der Waals surface area contributed by atoms with E-state index in [1.807, 2.05) is 0 Å². The van der Waals surface area contributed by atoms with Crippen LogP contribution in [0.15, 0.2) is 60.7 Å². The Kier molecular flexibility index (Phi) is 5.17. The normalized spacial score (nSPS) is 14.0. The maximum Gasteiger partial charge on any atom is 0.0173 e. The molecule has 0 saturated heterocycles. The van der Waals surface area contributed by atoms with Gasteiger partial charge in [0.15, 0.2) is 0 Å². The Morgan fingerprint density at radius 3 is 2.00 bits per heavy atom. The SMILES string of the molecule is CCC(c1ccccc1)C(Cc1ccccc1)NC. The summed E-state index contributed by atoms with van der Waals surface area (Å²) in [5.74, 6) is 0.561. The minimum absolute atomic E-state index is 0.481. The molecule has 0 radical (unpaired) electrons. The van der Waals surface area contributed by atoms with Crippen molar-refractivity contribution >= 4 is 0 Å². The molecule has 100 valence electrons. The number of likely N-dealkylation sites (N-methyl/N-ethyl adjacent to an activating group) is 1. The summed E-state index contributed by atoms with van der Waals surface area (Å²) >= 11 is 0. The molecular weight excluding hydrogens is 230 g/mol. The van der Waals surface area contributed by atoms with Crippen molar-refractivity contribution in [1.82, 2.24) is 5.32 Å². The minimum atomic E-state index is 0.481. The van der Waals surface area contributed by atoms with Crippen LogP contribution in [0.4, 0.5) is 0 Å². The van der Waals surface area contributed by atoms with Crippen LogP contribution >= 0.6 is 0 Å². The summed E-state index contributed by atoms with van der Waals surface area (Å²) in [5, 5.41) is 3.50. The number of rotatable bonds is 6. The molecule has 0 aliphatic carbocycles. The van der Waals surface area contributed by atoms with E-state index in [-0.39, 0.29) is 0 Å². The summed E-state index contributed by atoms with van der Waals surface area (Å²) in [6.07, 6.45) is 2.23. The fourth-order valence-corrected chi connectivity index (χ4v) is 2.77. The molecule has 1 nitrogen and oxygen atoms in total. The van der Waals surface area contributed by atoms with Gasteiger partial charge in [0.1, 0.15) is 0 Å². The van der Waals surface area contributed by atoms with Crippen molar-refractivity contribution in [2.24, 2.45) is 0 Å². The third-order valence-electron chi connectivity index (χ3n) is 3.82. The highest BCUT2D eigenvalue weighted by Gasteiger charge is 2.20. The Hall–Kier alpha value is -1.60. The van der Waals surface area contributed by atoms with E-state index in [1.165, 1.54) is 11.1 Å². The van der Waals surface area contributed by atoms with Gasteiger partial charge in [-0.3, -0.25) is 0 Å². The van der Waals surface area contributed by atoms with Gasteiger partial charge in [0.05, 0.1) is 0 Å². The van der Waals surface area contributed by atoms with Gasteiger partial charge in [-0.05, 0) is 36.9 Å². The van der Waals surface area contributed by atoms with Crippen LogP contribution in [0.25, 0.3) is 0 Å². The van der Waals surface area contributed by atoms with Crippen LogP contribution in [-0.4, -0.2) is 13.1 Å². The fourth-order valence-electron chi connectivity index (χ4n) is 2.77. The van der Waals surface area contributed by atoms with Crippen molar-refractivity contribution in [1.29, 1.82) is 0 Å². The lowest BCUT2D eigenvalue weighted by Crippen LogP contribution is -2.34. The van der Waals surface area contributed by atoms with Crippen molar-refractivity contribution < 1.29 is 0 Å². The molecule has 0 aliphatic heterocycles. The number of nitrogens with one attached hydrogen (secondary N) is 1. The first-order valence-corrected chi connectivity index (χ1v) is 7.11. The Labute approximate surface area is 116 Å². The number of benzene rings is 2. The predicted molar refractivity (Wildman–Crippen MR) is 82.5 cm³/mol. The minimum Gasteiger partial charge on any atom is -0.316 e. The Morgan fingerprint density at radius 1 is 0.895 bits per heavy atom. The van der Waals surface area contributed by atoms with Crippen LogP contribution in [0.3, 0.4) is 0 Å². The van der Waals surface area contributed by atoms with Gasteiger partial charge in [-0.2, -0.15) is 0 Å². The highest BCUT2D eigenvalue weighted by atomic mass is 14.9. The molecule has 0 saturated carbocycles. The number of hydrogen-bond acceptors (Lipinski definition) is 1. The zero-order chi connectivity index (χ0) is 13.5. The summed E-state index contributed by atoms with van der Waals surface area (Å²) in [5.41, 5.74) is 2.83. The fraction of sp³-hybridized carbons (Fsp3) is 0.333. The van der Waals surface area contributed by atoms with Gasteiger partial charge in [0.2, 0.25) is 0 Å². The quantitative estimate of drug-likeness (QED) is 0.820. The highest BCUT2D eigenvalue weighted by molar-refractivity contribution is 5.23. The van der Waals surface area contributed by atoms with Crippen LogP contribution in [0, 0.1) is 0 Å². The standard InChI is InChI=1S/C18H23N/c1-3-17(16-12-8-5-9-13-16)18(19-2)14-15-10-6-4-7-11-15/h4-13,17-19H,3,14H2,1-2H3. The number of hydrogen-bond donors (Lipinski definition) is 1. The average molecular weight is 253 g/mol. The van der Waals surface area contributed by atoms with Gasteiger partial charge in [0.25, 0.3) is 0 Å². The van der Waals surface area contributed by atoms with Crippen LogP contribution < -0.4 is 5.32 Å². The topological polar surface area (TPSA) is 12.0 Å². The molecule has 2 rings (SSSR count). The summed E-state index contributed by atoms with van der Waals surface area (Å²) < 4.78 is 0. The monoisotopic (exact) mass is 253 g/mol. The molecule has 1 N–H and O–H groups in total. The van der Waals surface area contributed by atoms with Gasteiger partial charge < -0.3 is 5.32 Å². The molecule has 0 aliphatic rings. The Morgan fingerprint density at radius 2 is 1.47 bits per heavy atom. The second-order valence-corrected chi connectivity index (χ2v) is 5.01. The molecule has 19 heavy (non-hydrogen) atoms. The molecule has 0 amide bonds. The summed E-state index contributed by atoms with van der Waals surface area (Å²) in [7, 11) is 2.07. The molecule has 0 spiro atoms. The second kappa shape index (κ2) is 7.10. The van der Waals surface area contributed by atoms with Crippen molar-refractivity contribution in [2.45, 2.75) is 31.7 Å². The zero-order valence-corrected chi connectivity index (χ0v) is 11.8. The molecule has 2 atom stereocenters. The maximum atomic E-state index is 3.50. The highest BCUT2D eigenvalue weighted by Crippen LogP contribution is 2.25. The van der Waals surface area contributed by atoms with Crippen LogP contribution in [0.1, 0.15) is 30.4 Å². The van der Waals surface area contributed by atoms with E-state index in [2.05, 4.69) is 80.0 Å². The molecule has 0 aromatic heterocycles. The molecule has 2 aromatic carbocycles. The molecule has 2 aromatic rings. The van der Waals surface area contributed by atoms with Gasteiger partial charge in [0, 0.05) is 6.04 Å². The van der Waals surface area contributed by atoms with E-state index in [9.17, 15) is 0 Å². The van der Waals surface area contributed by atoms with E-state index in [0.717, 1.165) is 12.8 Å². The summed E-state index contributed by atoms with van der Waals surface area (Å²) in [4.78, 5) is 0. The van der Waals surface area contributed by atoms with E-state index in [0.29, 0.717) is 12.0 Å². The molecule has 1 heteroatoms. The lowest BCUT2D eigenvalue weighted by molar-refractivity contribution is 0.448. The summed E-state index contributed by atoms with van der Waals surface area (Å²) in [6, 6.07) is 22.0. The third-order valence-corrected chi connectivity index (χ3v) is 3.82. The van der Waals surface area contributed by atoms with Crippen molar-refractivity contribution in [2.75, 3.05) is 7.05 Å². The molecule has 0 fully saturated rings. The van der Waals surface area contributed by atoms with E-state index in [4.69, 9.17) is 0 Å². The molecule has 0 heterocycles. The first kappa shape index (κ1) is 13.8. The maximum absolute atomic E-state index is 3.50. The van der Waals surface area contributed by atoms with Gasteiger partial charge >= 0.3 is 0 Å². The van der Waals surface area contributed by atoms with Crippen molar-refractivity contribution in [3.8, 4) is 0 Å². The first-order valence-electron chi connectivity index (χ1n) is 7.11. The van der Waals surface area contributed by atoms with E-state index in [1.54, 1.807) is 0 Å². The third kappa shape index (κ3) is 3.68. The predicted octanol–water partition coefficient (Wildman–Crippen LogP) is 4.01. The molecule has 2 unspecified atom stereocenters. The zero-order valence-electron chi connectivity index (χ0n) is 11.8. The van der Waals surface area contributed by atoms with Crippen molar-refractivity contribution in [3.05, 3.63) is 71.8 Å². The lowest BCUT2D eigenvalue weighted by Gasteiger charge is -2.26.